The number of aliphatic hydroxyl groups is 1. The summed E-state index contributed by atoms with van der Waals surface area (Å²) in [4.78, 5) is 0. The maximum Gasteiger partial charge on any atom is 0.142 e. The van der Waals surface area contributed by atoms with Gasteiger partial charge in [0.15, 0.2) is 0 Å². The van der Waals surface area contributed by atoms with Crippen molar-refractivity contribution in [3.8, 4) is 0 Å². The molecule has 0 saturated heterocycles. The van der Waals surface area contributed by atoms with E-state index in [1.165, 1.54) is 0 Å². The monoisotopic (exact) mass is 248 g/mol. The molecule has 1 rings (SSSR count). The van der Waals surface area contributed by atoms with E-state index in [4.69, 9.17) is 9.84 Å². The number of hydrogen-bond acceptors (Lipinski definition) is 2. The van der Waals surface area contributed by atoms with Crippen LogP contribution in [-0.4, -0.2) is 12.2 Å². The first kappa shape index (κ1) is 10.6. The van der Waals surface area contributed by atoms with Crippen LogP contribution in [-0.2, 0) is 18.0 Å². The molecule has 0 aliphatic rings. The highest BCUT2D eigenvalue weighted by molar-refractivity contribution is 9.10. The van der Waals surface area contributed by atoms with E-state index in [-0.39, 0.29) is 12.2 Å². The minimum atomic E-state index is -0.414. The Labute approximate surface area is 84.5 Å². The van der Waals surface area contributed by atoms with Crippen LogP contribution in [0, 0.1) is 5.82 Å². The van der Waals surface area contributed by atoms with Crippen LogP contribution < -0.4 is 0 Å². The van der Waals surface area contributed by atoms with E-state index in [1.54, 1.807) is 19.2 Å². The van der Waals surface area contributed by atoms with Gasteiger partial charge >= 0.3 is 0 Å². The van der Waals surface area contributed by atoms with Gasteiger partial charge in [-0.1, -0.05) is 0 Å². The molecule has 0 radical (unpaired) electrons. The number of ether oxygens (including phenoxy) is 1. The third-order valence-electron chi connectivity index (χ3n) is 1.64. The smallest absolute Gasteiger partial charge is 0.142 e. The lowest BCUT2D eigenvalue weighted by molar-refractivity contribution is 0.184. The van der Waals surface area contributed by atoms with Crippen LogP contribution in [0.5, 0.6) is 0 Å². The number of halogens is 2. The predicted octanol–water partition coefficient (Wildman–Crippen LogP) is 2.23. The zero-order valence-electron chi connectivity index (χ0n) is 7.18. The molecule has 4 heteroatoms. The van der Waals surface area contributed by atoms with Crippen molar-refractivity contribution in [2.75, 3.05) is 7.11 Å². The van der Waals surface area contributed by atoms with E-state index in [0.717, 1.165) is 5.56 Å². The van der Waals surface area contributed by atoms with Gasteiger partial charge < -0.3 is 9.84 Å². The second kappa shape index (κ2) is 4.69. The van der Waals surface area contributed by atoms with E-state index in [0.29, 0.717) is 11.1 Å². The Balaban J connectivity index is 3.06. The molecule has 0 aromatic heterocycles. The fraction of sp³-hybridized carbons (Fsp3) is 0.333. The Kier molecular flexibility index (Phi) is 3.84. The van der Waals surface area contributed by atoms with Crippen LogP contribution in [0.2, 0.25) is 0 Å². The Hall–Kier alpha value is -0.450. The summed E-state index contributed by atoms with van der Waals surface area (Å²) in [5.41, 5.74) is 1.11. The fourth-order valence-electron chi connectivity index (χ4n) is 1.07. The second-order valence-electron chi connectivity index (χ2n) is 2.64. The summed E-state index contributed by atoms with van der Waals surface area (Å²) in [5.74, 6) is -0.414. The average molecular weight is 249 g/mol. The standard InChI is InChI=1S/C9H10BrFO2/c1-13-5-6-2-7(4-12)9(11)8(10)3-6/h2-3,12H,4-5H2,1H3. The highest BCUT2D eigenvalue weighted by Gasteiger charge is 2.07. The molecule has 0 amide bonds. The summed E-state index contributed by atoms with van der Waals surface area (Å²) >= 11 is 3.07. The molecular formula is C9H10BrFO2. The maximum absolute atomic E-state index is 13.2. The van der Waals surface area contributed by atoms with E-state index >= 15 is 0 Å². The Morgan fingerprint density at radius 1 is 1.54 bits per heavy atom. The molecule has 0 atom stereocenters. The van der Waals surface area contributed by atoms with Gasteiger partial charge in [-0.3, -0.25) is 0 Å². The molecule has 0 fully saturated rings. The zero-order chi connectivity index (χ0) is 9.84. The average Bonchev–Trinajstić information content (AvgIpc) is 2.11. The van der Waals surface area contributed by atoms with Crippen LogP contribution in [0.3, 0.4) is 0 Å². The lowest BCUT2D eigenvalue weighted by Crippen LogP contribution is -1.96. The molecular weight excluding hydrogens is 239 g/mol. The Morgan fingerprint density at radius 3 is 2.77 bits per heavy atom. The zero-order valence-corrected chi connectivity index (χ0v) is 8.77. The number of rotatable bonds is 3. The molecule has 13 heavy (non-hydrogen) atoms. The van der Waals surface area contributed by atoms with Crippen molar-refractivity contribution in [2.24, 2.45) is 0 Å². The van der Waals surface area contributed by atoms with E-state index in [2.05, 4.69) is 15.9 Å². The molecule has 0 heterocycles. The minimum absolute atomic E-state index is 0.279. The van der Waals surface area contributed by atoms with Crippen molar-refractivity contribution < 1.29 is 14.2 Å². The molecule has 2 nitrogen and oxygen atoms in total. The quantitative estimate of drug-likeness (QED) is 0.890. The molecule has 0 spiro atoms. The second-order valence-corrected chi connectivity index (χ2v) is 3.50. The van der Waals surface area contributed by atoms with E-state index < -0.39 is 5.82 Å². The minimum Gasteiger partial charge on any atom is -0.392 e. The maximum atomic E-state index is 13.2. The first-order valence-electron chi connectivity index (χ1n) is 3.75. The highest BCUT2D eigenvalue weighted by Crippen LogP contribution is 2.21. The highest BCUT2D eigenvalue weighted by atomic mass is 79.9. The number of methoxy groups -OCH3 is 1. The molecule has 0 saturated carbocycles. The summed E-state index contributed by atoms with van der Waals surface area (Å²) in [5, 5.41) is 8.83. The number of benzene rings is 1. The van der Waals surface area contributed by atoms with Crippen LogP contribution in [0.15, 0.2) is 16.6 Å². The van der Waals surface area contributed by atoms with Gasteiger partial charge in [-0.2, -0.15) is 0 Å². The molecule has 0 unspecified atom stereocenters. The summed E-state index contributed by atoms with van der Waals surface area (Å²) in [6, 6.07) is 3.22. The first-order valence-corrected chi connectivity index (χ1v) is 4.55. The summed E-state index contributed by atoms with van der Waals surface area (Å²) in [7, 11) is 1.57. The molecule has 0 aliphatic carbocycles. The van der Waals surface area contributed by atoms with Crippen LogP contribution in [0.25, 0.3) is 0 Å². The van der Waals surface area contributed by atoms with Gasteiger partial charge in [0, 0.05) is 12.7 Å². The number of hydrogen-bond donors (Lipinski definition) is 1. The Morgan fingerprint density at radius 2 is 2.23 bits per heavy atom. The van der Waals surface area contributed by atoms with Gasteiger partial charge in [-0.25, -0.2) is 4.39 Å². The van der Waals surface area contributed by atoms with Crippen molar-refractivity contribution in [3.63, 3.8) is 0 Å². The van der Waals surface area contributed by atoms with E-state index in [9.17, 15) is 4.39 Å². The van der Waals surface area contributed by atoms with Gasteiger partial charge in [-0.15, -0.1) is 0 Å². The van der Waals surface area contributed by atoms with Crippen molar-refractivity contribution in [3.05, 3.63) is 33.5 Å². The Bertz CT molecular complexity index is 302. The van der Waals surface area contributed by atoms with Crippen molar-refractivity contribution >= 4 is 15.9 Å². The summed E-state index contributed by atoms with van der Waals surface area (Å²) < 4.78 is 18.4. The third kappa shape index (κ3) is 2.49. The van der Waals surface area contributed by atoms with Crippen molar-refractivity contribution in [1.82, 2.24) is 0 Å². The van der Waals surface area contributed by atoms with Crippen molar-refractivity contribution in [1.29, 1.82) is 0 Å². The topological polar surface area (TPSA) is 29.5 Å². The lowest BCUT2D eigenvalue weighted by atomic mass is 10.1. The fourth-order valence-corrected chi connectivity index (χ4v) is 1.62. The van der Waals surface area contributed by atoms with Gasteiger partial charge in [0.2, 0.25) is 0 Å². The molecule has 0 bridgehead atoms. The largest absolute Gasteiger partial charge is 0.392 e. The number of aliphatic hydroxyl groups excluding tert-OH is 1. The molecule has 0 aliphatic heterocycles. The van der Waals surface area contributed by atoms with Gasteiger partial charge in [0.05, 0.1) is 17.7 Å². The van der Waals surface area contributed by atoms with Crippen molar-refractivity contribution in [2.45, 2.75) is 13.2 Å². The predicted molar refractivity (Wildman–Crippen MR) is 50.7 cm³/mol. The van der Waals surface area contributed by atoms with Gasteiger partial charge in [-0.05, 0) is 33.6 Å². The van der Waals surface area contributed by atoms with Gasteiger partial charge in [0.1, 0.15) is 5.82 Å². The third-order valence-corrected chi connectivity index (χ3v) is 2.22. The van der Waals surface area contributed by atoms with Crippen LogP contribution >= 0.6 is 15.9 Å². The molecule has 1 N–H and O–H groups in total. The molecule has 1 aromatic carbocycles. The summed E-state index contributed by atoms with van der Waals surface area (Å²) in [6.07, 6.45) is 0. The normalized spacial score (nSPS) is 10.5. The SMILES string of the molecule is COCc1cc(Br)c(F)c(CO)c1. The van der Waals surface area contributed by atoms with Crippen LogP contribution in [0.1, 0.15) is 11.1 Å². The van der Waals surface area contributed by atoms with Gasteiger partial charge in [0.25, 0.3) is 0 Å². The van der Waals surface area contributed by atoms with E-state index in [1.807, 2.05) is 0 Å². The first-order chi connectivity index (χ1) is 6.19. The summed E-state index contributed by atoms with van der Waals surface area (Å²) in [6.45, 7) is 0.105. The lowest BCUT2D eigenvalue weighted by Gasteiger charge is -2.05. The molecule has 72 valence electrons. The molecule has 1 aromatic rings. The van der Waals surface area contributed by atoms with Crippen LogP contribution in [0.4, 0.5) is 4.39 Å².